The summed E-state index contributed by atoms with van der Waals surface area (Å²) in [7, 11) is 1.77. The molecule has 0 radical (unpaired) electrons. The van der Waals surface area contributed by atoms with E-state index in [4.69, 9.17) is 9.15 Å². The summed E-state index contributed by atoms with van der Waals surface area (Å²) in [6.07, 6.45) is 3.10. The zero-order valence-electron chi connectivity index (χ0n) is 15.7. The molecule has 1 aliphatic rings. The highest BCUT2D eigenvalue weighted by atomic mass is 16.5. The minimum atomic E-state index is -0.0990. The lowest BCUT2D eigenvalue weighted by Gasteiger charge is -2.14. The van der Waals surface area contributed by atoms with Gasteiger partial charge in [0.2, 0.25) is 5.91 Å². The van der Waals surface area contributed by atoms with Crippen LogP contribution in [-0.2, 0) is 24.2 Å². The van der Waals surface area contributed by atoms with E-state index in [0.29, 0.717) is 6.54 Å². The third-order valence-electron chi connectivity index (χ3n) is 5.20. The van der Waals surface area contributed by atoms with Crippen molar-refractivity contribution < 1.29 is 13.9 Å². The van der Waals surface area contributed by atoms with Crippen molar-refractivity contribution in [1.82, 2.24) is 4.90 Å². The van der Waals surface area contributed by atoms with Crippen molar-refractivity contribution in [2.24, 2.45) is 0 Å². The van der Waals surface area contributed by atoms with Crippen LogP contribution in [0.5, 0.6) is 5.75 Å². The van der Waals surface area contributed by atoms with E-state index < -0.39 is 0 Å². The number of hydrogen-bond donors (Lipinski definition) is 0. The molecule has 0 N–H and O–H groups in total. The fourth-order valence-corrected chi connectivity index (χ4v) is 3.69. The van der Waals surface area contributed by atoms with Crippen molar-refractivity contribution >= 4 is 16.9 Å². The first-order valence-corrected chi connectivity index (χ1v) is 9.19. The number of rotatable bonds is 5. The highest BCUT2D eigenvalue weighted by Crippen LogP contribution is 2.32. The van der Waals surface area contributed by atoms with E-state index in [2.05, 4.69) is 43.0 Å². The fourth-order valence-electron chi connectivity index (χ4n) is 3.69. The van der Waals surface area contributed by atoms with Gasteiger partial charge in [0.1, 0.15) is 17.1 Å². The van der Waals surface area contributed by atoms with Gasteiger partial charge >= 0.3 is 0 Å². The Morgan fingerprint density at radius 1 is 1.30 bits per heavy atom. The Hall–Kier alpha value is -3.01. The van der Waals surface area contributed by atoms with Gasteiger partial charge in [-0.25, -0.2) is 0 Å². The van der Waals surface area contributed by atoms with Crippen LogP contribution in [0.3, 0.4) is 0 Å². The summed E-state index contributed by atoms with van der Waals surface area (Å²) in [6, 6.07) is 12.7. The van der Waals surface area contributed by atoms with Crippen molar-refractivity contribution in [3.63, 3.8) is 0 Å². The number of carbonyl (C=O) groups is 1. The van der Waals surface area contributed by atoms with Gasteiger partial charge in [-0.15, -0.1) is 0 Å². The van der Waals surface area contributed by atoms with Gasteiger partial charge < -0.3 is 14.1 Å². The smallest absolute Gasteiger partial charge is 0.245 e. The summed E-state index contributed by atoms with van der Waals surface area (Å²) in [5, 5.41) is 1.06. The van der Waals surface area contributed by atoms with Crippen molar-refractivity contribution in [2.75, 3.05) is 13.7 Å². The topological polar surface area (TPSA) is 42.7 Å². The van der Waals surface area contributed by atoms with E-state index in [0.717, 1.165) is 53.1 Å². The summed E-state index contributed by atoms with van der Waals surface area (Å²) in [6.45, 7) is 6.78. The van der Waals surface area contributed by atoms with Crippen molar-refractivity contribution in [3.05, 3.63) is 77.1 Å². The third kappa shape index (κ3) is 3.23. The molecule has 0 fully saturated rings. The zero-order valence-corrected chi connectivity index (χ0v) is 15.7. The highest BCUT2D eigenvalue weighted by molar-refractivity contribution is 5.88. The van der Waals surface area contributed by atoms with Gasteiger partial charge in [0, 0.05) is 37.4 Å². The van der Waals surface area contributed by atoms with E-state index in [1.165, 1.54) is 17.2 Å². The molecule has 2 heterocycles. The Balaban J connectivity index is 1.67. The molecule has 4 heteroatoms. The molecule has 0 saturated carbocycles. The Morgan fingerprint density at radius 3 is 2.96 bits per heavy atom. The number of para-hydroxylation sites is 1. The average molecular weight is 361 g/mol. The maximum atomic E-state index is 11.9. The maximum Gasteiger partial charge on any atom is 0.245 e. The highest BCUT2D eigenvalue weighted by Gasteiger charge is 2.18. The van der Waals surface area contributed by atoms with E-state index in [-0.39, 0.29) is 5.91 Å². The molecule has 1 aromatic heterocycles. The minimum Gasteiger partial charge on any atom is -0.493 e. The van der Waals surface area contributed by atoms with Crippen LogP contribution >= 0.6 is 0 Å². The predicted molar refractivity (Wildman–Crippen MR) is 106 cm³/mol. The van der Waals surface area contributed by atoms with Crippen molar-refractivity contribution in [3.8, 4) is 5.75 Å². The molecule has 0 atom stereocenters. The molecule has 0 aliphatic carbocycles. The summed E-state index contributed by atoms with van der Waals surface area (Å²) in [5.41, 5.74) is 5.56. The molecule has 2 aromatic carbocycles. The largest absolute Gasteiger partial charge is 0.493 e. The number of ether oxygens (including phenoxy) is 1. The number of nitrogens with zero attached hydrogens (tertiary/aromatic N) is 1. The number of benzene rings is 2. The first-order chi connectivity index (χ1) is 13.1. The second-order valence-corrected chi connectivity index (χ2v) is 7.05. The normalized spacial score (nSPS) is 12.7. The van der Waals surface area contributed by atoms with Crippen LogP contribution in [0.4, 0.5) is 0 Å². The maximum absolute atomic E-state index is 11.9. The van der Waals surface area contributed by atoms with Gasteiger partial charge in [0.05, 0.1) is 6.61 Å². The molecule has 27 heavy (non-hydrogen) atoms. The van der Waals surface area contributed by atoms with Crippen molar-refractivity contribution in [2.45, 2.75) is 26.3 Å². The molecule has 138 valence electrons. The Morgan fingerprint density at radius 2 is 2.15 bits per heavy atom. The molecule has 0 unspecified atom stereocenters. The summed E-state index contributed by atoms with van der Waals surface area (Å²) >= 11 is 0. The molecule has 4 rings (SSSR count). The number of aryl methyl sites for hydroxylation is 1. The van der Waals surface area contributed by atoms with E-state index in [1.807, 2.05) is 6.92 Å². The number of amides is 1. The van der Waals surface area contributed by atoms with Gasteiger partial charge in [0.15, 0.2) is 0 Å². The quantitative estimate of drug-likeness (QED) is 0.632. The van der Waals surface area contributed by atoms with E-state index >= 15 is 0 Å². The Bertz CT molecular complexity index is 1030. The predicted octanol–water partition coefficient (Wildman–Crippen LogP) is 4.41. The standard InChI is InChI=1S/C23H23NO3/c1-4-22(25)24(3)14-20-15(2)27-23-18(6-5-7-19(20)23)12-16-8-9-17-10-11-26-21(17)13-16/h4-9,13H,1,10-12,14H2,2-3H3. The van der Waals surface area contributed by atoms with E-state index in [9.17, 15) is 4.79 Å². The zero-order chi connectivity index (χ0) is 19.0. The van der Waals surface area contributed by atoms with Gasteiger partial charge in [-0.1, -0.05) is 36.9 Å². The summed E-state index contributed by atoms with van der Waals surface area (Å²) in [5.74, 6) is 1.75. The number of furan rings is 1. The third-order valence-corrected chi connectivity index (χ3v) is 5.20. The van der Waals surface area contributed by atoms with Crippen LogP contribution in [-0.4, -0.2) is 24.5 Å². The molecule has 0 bridgehead atoms. The van der Waals surface area contributed by atoms with Gasteiger partial charge in [0.25, 0.3) is 0 Å². The van der Waals surface area contributed by atoms with Crippen LogP contribution < -0.4 is 4.74 Å². The minimum absolute atomic E-state index is 0.0990. The molecule has 0 spiro atoms. The SMILES string of the molecule is C=CC(=O)N(C)Cc1c(C)oc2c(Cc3ccc4c(c3)OCC4)cccc12. The lowest BCUT2D eigenvalue weighted by Crippen LogP contribution is -2.24. The van der Waals surface area contributed by atoms with Gasteiger partial charge in [-0.3, -0.25) is 4.79 Å². The second kappa shape index (κ2) is 6.95. The first-order valence-electron chi connectivity index (χ1n) is 9.19. The number of hydrogen-bond acceptors (Lipinski definition) is 3. The molecular formula is C23H23NO3. The van der Waals surface area contributed by atoms with Gasteiger partial charge in [-0.2, -0.15) is 0 Å². The molecule has 0 saturated heterocycles. The Kier molecular flexibility index (Phi) is 4.48. The summed E-state index contributed by atoms with van der Waals surface area (Å²) in [4.78, 5) is 13.5. The van der Waals surface area contributed by atoms with Crippen LogP contribution in [0.25, 0.3) is 11.0 Å². The number of carbonyl (C=O) groups excluding carboxylic acids is 1. The average Bonchev–Trinajstić information content (AvgIpc) is 3.26. The van der Waals surface area contributed by atoms with Crippen molar-refractivity contribution in [1.29, 1.82) is 0 Å². The van der Waals surface area contributed by atoms with E-state index in [1.54, 1.807) is 11.9 Å². The van der Waals surface area contributed by atoms with Gasteiger partial charge in [-0.05, 0) is 35.8 Å². The molecule has 1 amide bonds. The number of likely N-dealkylation sites (N-methyl/N-ethyl adjacent to an activating group) is 1. The molecule has 3 aromatic rings. The fraction of sp³-hybridized carbons (Fsp3) is 0.261. The first kappa shape index (κ1) is 17.4. The second-order valence-electron chi connectivity index (χ2n) is 7.05. The summed E-state index contributed by atoms with van der Waals surface area (Å²) < 4.78 is 11.8. The monoisotopic (exact) mass is 361 g/mol. The Labute approximate surface area is 159 Å². The van der Waals surface area contributed by atoms with Crippen LogP contribution in [0.15, 0.2) is 53.5 Å². The molecular weight excluding hydrogens is 338 g/mol. The lowest BCUT2D eigenvalue weighted by atomic mass is 10.00. The molecule has 1 aliphatic heterocycles. The van der Waals surface area contributed by atoms with Crippen LogP contribution in [0.1, 0.15) is 28.0 Å². The molecule has 4 nitrogen and oxygen atoms in total. The van der Waals surface area contributed by atoms with Crippen LogP contribution in [0, 0.1) is 6.92 Å². The lowest BCUT2D eigenvalue weighted by molar-refractivity contribution is -0.125. The number of fused-ring (bicyclic) bond motifs is 2. The van der Waals surface area contributed by atoms with Crippen LogP contribution in [0.2, 0.25) is 0 Å².